The van der Waals surface area contributed by atoms with Gasteiger partial charge in [-0.15, -0.1) is 0 Å². The molecule has 0 saturated carbocycles. The fourth-order valence-electron chi connectivity index (χ4n) is 3.80. The molecule has 2 aliphatic rings. The molecule has 0 atom stereocenters. The highest BCUT2D eigenvalue weighted by Crippen LogP contribution is 2.41. The van der Waals surface area contributed by atoms with Crippen LogP contribution in [0.2, 0.25) is 0 Å². The van der Waals surface area contributed by atoms with Crippen molar-refractivity contribution in [2.45, 2.75) is 12.8 Å². The van der Waals surface area contributed by atoms with Gasteiger partial charge < -0.3 is 14.4 Å². The van der Waals surface area contributed by atoms with E-state index in [4.69, 9.17) is 0 Å². The molecule has 130 valence electrons. The van der Waals surface area contributed by atoms with Crippen LogP contribution >= 0.6 is 0 Å². The quantitative estimate of drug-likeness (QED) is 0.824. The van der Waals surface area contributed by atoms with Gasteiger partial charge in [0.2, 0.25) is 5.82 Å². The number of aromatic nitrogens is 3. The molecule has 0 bridgehead atoms. The number of carbonyl (C=O) groups is 2. The maximum Gasteiger partial charge on any atom is 0.291 e. The first kappa shape index (κ1) is 15.8. The molecule has 0 aliphatic carbocycles. The smallest absolute Gasteiger partial charge is 0.291 e. The number of rotatable bonds is 2. The summed E-state index contributed by atoms with van der Waals surface area (Å²) in [5, 5.41) is 0. The van der Waals surface area contributed by atoms with Gasteiger partial charge in [-0.25, -0.2) is 9.97 Å². The Hall–Kier alpha value is -2.70. The largest absolute Gasteiger partial charge is 0.347 e. The van der Waals surface area contributed by atoms with Crippen LogP contribution in [0.5, 0.6) is 0 Å². The minimum atomic E-state index is -0.105. The number of hydrogen-bond donors (Lipinski definition) is 0. The van der Waals surface area contributed by atoms with E-state index in [0.717, 1.165) is 31.6 Å². The molecule has 2 fully saturated rings. The molecule has 25 heavy (non-hydrogen) atoms. The second kappa shape index (κ2) is 5.98. The molecular weight excluding hydrogens is 318 g/mol. The predicted octanol–water partition coefficient (Wildman–Crippen LogP) is 1.19. The summed E-state index contributed by atoms with van der Waals surface area (Å²) >= 11 is 0. The van der Waals surface area contributed by atoms with Crippen LogP contribution in [0, 0.1) is 5.41 Å². The van der Waals surface area contributed by atoms with E-state index in [9.17, 15) is 9.59 Å². The molecule has 7 nitrogen and oxygen atoms in total. The molecule has 0 aromatic carbocycles. The number of aryl methyl sites for hydroxylation is 1. The van der Waals surface area contributed by atoms with E-state index in [0.29, 0.717) is 13.1 Å². The number of piperidine rings is 1. The van der Waals surface area contributed by atoms with Crippen molar-refractivity contribution in [2.24, 2.45) is 12.5 Å². The van der Waals surface area contributed by atoms with Crippen LogP contribution in [0.3, 0.4) is 0 Å². The van der Waals surface area contributed by atoms with Crippen LogP contribution < -0.4 is 0 Å². The van der Waals surface area contributed by atoms with Gasteiger partial charge >= 0.3 is 0 Å². The Bertz CT molecular complexity index is 785. The SMILES string of the molecule is Cn1cccc1C(=O)N1CC2(CCN(C(=O)c3ncccn3)CC2)C1. The lowest BCUT2D eigenvalue weighted by atomic mass is 9.72. The third-order valence-corrected chi connectivity index (χ3v) is 5.37. The third-order valence-electron chi connectivity index (χ3n) is 5.37. The summed E-state index contributed by atoms with van der Waals surface area (Å²) in [4.78, 5) is 36.7. The summed E-state index contributed by atoms with van der Waals surface area (Å²) in [5.74, 6) is 0.244. The molecule has 4 rings (SSSR count). The molecule has 2 aromatic heterocycles. The average molecular weight is 339 g/mol. The van der Waals surface area contributed by atoms with Crippen molar-refractivity contribution in [3.8, 4) is 0 Å². The molecule has 0 N–H and O–H groups in total. The van der Waals surface area contributed by atoms with Gasteiger partial charge in [-0.3, -0.25) is 9.59 Å². The van der Waals surface area contributed by atoms with Crippen LogP contribution in [-0.4, -0.2) is 62.3 Å². The highest BCUT2D eigenvalue weighted by molar-refractivity contribution is 5.93. The number of nitrogens with zero attached hydrogens (tertiary/aromatic N) is 5. The minimum absolute atomic E-state index is 0.0920. The fraction of sp³-hybridized carbons (Fsp3) is 0.444. The molecule has 1 spiro atoms. The Kier molecular flexibility index (Phi) is 3.78. The minimum Gasteiger partial charge on any atom is -0.347 e. The molecule has 4 heterocycles. The van der Waals surface area contributed by atoms with Crippen molar-refractivity contribution in [2.75, 3.05) is 26.2 Å². The topological polar surface area (TPSA) is 71.3 Å². The van der Waals surface area contributed by atoms with Gasteiger partial charge in [0.15, 0.2) is 0 Å². The average Bonchev–Trinajstić information content (AvgIpc) is 3.05. The van der Waals surface area contributed by atoms with Crippen LogP contribution in [0.4, 0.5) is 0 Å². The molecular formula is C18H21N5O2. The van der Waals surface area contributed by atoms with E-state index in [1.54, 1.807) is 18.5 Å². The number of hydrogen-bond acceptors (Lipinski definition) is 4. The van der Waals surface area contributed by atoms with E-state index in [1.807, 2.05) is 39.7 Å². The molecule has 2 saturated heterocycles. The van der Waals surface area contributed by atoms with Gasteiger partial charge in [-0.05, 0) is 31.0 Å². The van der Waals surface area contributed by atoms with Gasteiger partial charge in [0, 0.05) is 57.2 Å². The van der Waals surface area contributed by atoms with Crippen molar-refractivity contribution in [3.05, 3.63) is 48.3 Å². The van der Waals surface area contributed by atoms with Crippen molar-refractivity contribution in [1.82, 2.24) is 24.3 Å². The van der Waals surface area contributed by atoms with Gasteiger partial charge in [0.25, 0.3) is 11.8 Å². The summed E-state index contributed by atoms with van der Waals surface area (Å²) in [6.45, 7) is 2.95. The molecule has 0 radical (unpaired) electrons. The molecule has 2 amide bonds. The van der Waals surface area contributed by atoms with E-state index < -0.39 is 0 Å². The Morgan fingerprint density at radius 1 is 1.00 bits per heavy atom. The lowest BCUT2D eigenvalue weighted by Gasteiger charge is -2.53. The summed E-state index contributed by atoms with van der Waals surface area (Å²) in [5.41, 5.74) is 0.887. The predicted molar refractivity (Wildman–Crippen MR) is 90.9 cm³/mol. The summed E-state index contributed by atoms with van der Waals surface area (Å²) in [7, 11) is 1.89. The first-order valence-electron chi connectivity index (χ1n) is 8.55. The normalized spacial score (nSPS) is 18.9. The highest BCUT2D eigenvalue weighted by atomic mass is 16.2. The number of carbonyl (C=O) groups excluding carboxylic acids is 2. The summed E-state index contributed by atoms with van der Waals surface area (Å²) < 4.78 is 1.86. The van der Waals surface area contributed by atoms with Crippen LogP contribution in [-0.2, 0) is 7.05 Å². The lowest BCUT2D eigenvalue weighted by molar-refractivity contribution is -0.0294. The van der Waals surface area contributed by atoms with Crippen LogP contribution in [0.25, 0.3) is 0 Å². The standard InChI is InChI=1S/C18H21N5O2/c1-21-9-2-4-14(21)16(24)23-12-18(13-23)5-10-22(11-6-18)17(25)15-19-7-3-8-20-15/h2-4,7-9H,5-6,10-13H2,1H3. The zero-order valence-corrected chi connectivity index (χ0v) is 14.3. The molecule has 2 aliphatic heterocycles. The number of amides is 2. The van der Waals surface area contributed by atoms with E-state index in [-0.39, 0.29) is 23.1 Å². The van der Waals surface area contributed by atoms with Crippen LogP contribution in [0.15, 0.2) is 36.8 Å². The number of likely N-dealkylation sites (tertiary alicyclic amines) is 2. The van der Waals surface area contributed by atoms with E-state index in [1.165, 1.54) is 0 Å². The Labute approximate surface area is 146 Å². The van der Waals surface area contributed by atoms with Gasteiger partial charge in [0.05, 0.1) is 0 Å². The van der Waals surface area contributed by atoms with Crippen molar-refractivity contribution in [1.29, 1.82) is 0 Å². The molecule has 0 unspecified atom stereocenters. The Morgan fingerprint density at radius 3 is 2.28 bits per heavy atom. The Balaban J connectivity index is 1.34. The van der Waals surface area contributed by atoms with Crippen molar-refractivity contribution < 1.29 is 9.59 Å². The fourth-order valence-corrected chi connectivity index (χ4v) is 3.80. The van der Waals surface area contributed by atoms with E-state index >= 15 is 0 Å². The maximum absolute atomic E-state index is 12.5. The van der Waals surface area contributed by atoms with Gasteiger partial charge in [-0.1, -0.05) is 0 Å². The summed E-state index contributed by atoms with van der Waals surface area (Å²) in [6, 6.07) is 5.45. The van der Waals surface area contributed by atoms with Gasteiger partial charge in [0.1, 0.15) is 5.69 Å². The van der Waals surface area contributed by atoms with Crippen LogP contribution in [0.1, 0.15) is 33.9 Å². The van der Waals surface area contributed by atoms with E-state index in [2.05, 4.69) is 9.97 Å². The second-order valence-electron chi connectivity index (χ2n) is 7.03. The maximum atomic E-state index is 12.5. The monoisotopic (exact) mass is 339 g/mol. The van der Waals surface area contributed by atoms with Crippen molar-refractivity contribution >= 4 is 11.8 Å². The lowest BCUT2D eigenvalue weighted by Crippen LogP contribution is -2.62. The first-order valence-corrected chi connectivity index (χ1v) is 8.55. The highest BCUT2D eigenvalue weighted by Gasteiger charge is 2.47. The van der Waals surface area contributed by atoms with Crippen molar-refractivity contribution in [3.63, 3.8) is 0 Å². The third kappa shape index (κ3) is 2.79. The zero-order chi connectivity index (χ0) is 17.4. The summed E-state index contributed by atoms with van der Waals surface area (Å²) in [6.07, 6.45) is 6.90. The molecule has 7 heteroatoms. The van der Waals surface area contributed by atoms with Gasteiger partial charge in [-0.2, -0.15) is 0 Å². The first-order chi connectivity index (χ1) is 12.1. The second-order valence-corrected chi connectivity index (χ2v) is 7.03. The molecule has 2 aromatic rings. The Morgan fingerprint density at radius 2 is 1.68 bits per heavy atom. The zero-order valence-electron chi connectivity index (χ0n) is 14.3.